The smallest absolute Gasteiger partial charge is 0.195 e. The summed E-state index contributed by atoms with van der Waals surface area (Å²) >= 11 is 0. The largest absolute Gasteiger partial charge is 0.374 e. The Morgan fingerprint density at radius 1 is 1.20 bits per heavy atom. The summed E-state index contributed by atoms with van der Waals surface area (Å²) in [6.07, 6.45) is 3.70. The van der Waals surface area contributed by atoms with Crippen LogP contribution in [0.4, 0.5) is 0 Å². The number of aromatic nitrogens is 3. The van der Waals surface area contributed by atoms with E-state index in [1.54, 1.807) is 6.20 Å². The summed E-state index contributed by atoms with van der Waals surface area (Å²) < 4.78 is 7.60. The molecule has 0 radical (unpaired) electrons. The van der Waals surface area contributed by atoms with Crippen molar-refractivity contribution in [1.29, 1.82) is 0 Å². The summed E-state index contributed by atoms with van der Waals surface area (Å²) in [5, 5.41) is 0.802. The predicted molar refractivity (Wildman–Crippen MR) is 101 cm³/mol. The molecule has 0 aliphatic carbocycles. The summed E-state index contributed by atoms with van der Waals surface area (Å²) in [5.74, 6) is 0.648. The predicted octanol–water partition coefficient (Wildman–Crippen LogP) is 3.88. The second-order valence-electron chi connectivity index (χ2n) is 6.94. The van der Waals surface area contributed by atoms with Crippen LogP contribution in [0.5, 0.6) is 0 Å². The highest BCUT2D eigenvalue weighted by Gasteiger charge is 2.25. The fourth-order valence-corrected chi connectivity index (χ4v) is 4.06. The van der Waals surface area contributed by atoms with Gasteiger partial charge in [-0.2, -0.15) is 0 Å². The number of hydrogen-bond donors (Lipinski definition) is 0. The first-order valence-corrected chi connectivity index (χ1v) is 11.9. The van der Waals surface area contributed by atoms with Crippen molar-refractivity contribution in [2.75, 3.05) is 6.61 Å². The molecule has 3 rings (SSSR count). The topological polar surface area (TPSA) is 57.0 Å². The fraction of sp³-hybridized carbons (Fsp3) is 0.316. The van der Waals surface area contributed by atoms with E-state index < -0.39 is 8.24 Å². The summed E-state index contributed by atoms with van der Waals surface area (Å²) in [7, 11) is -1.74. The maximum atomic E-state index is 13.0. The highest BCUT2D eigenvalue weighted by atomic mass is 28.3. The van der Waals surface area contributed by atoms with Gasteiger partial charge >= 0.3 is 0 Å². The lowest BCUT2D eigenvalue weighted by Crippen LogP contribution is -2.31. The minimum absolute atomic E-state index is 0.00348. The lowest BCUT2D eigenvalue weighted by Gasteiger charge is -2.19. The van der Waals surface area contributed by atoms with Crippen LogP contribution < -0.4 is 0 Å². The SMILES string of the molecule is CCOCc1ncc2c(C(=O)c3ccccc3)cn([Si](C)(C)C)c2n1. The van der Waals surface area contributed by atoms with Crippen molar-refractivity contribution in [3.05, 3.63) is 59.7 Å². The van der Waals surface area contributed by atoms with Crippen LogP contribution in [0, 0.1) is 0 Å². The number of fused-ring (bicyclic) bond motifs is 1. The average Bonchev–Trinajstić information content (AvgIpc) is 2.99. The molecule has 25 heavy (non-hydrogen) atoms. The first kappa shape index (κ1) is 17.5. The normalized spacial score (nSPS) is 11.8. The maximum Gasteiger partial charge on any atom is 0.195 e. The van der Waals surface area contributed by atoms with Crippen LogP contribution in [-0.4, -0.2) is 34.8 Å². The van der Waals surface area contributed by atoms with E-state index in [1.165, 1.54) is 0 Å². The molecule has 130 valence electrons. The van der Waals surface area contributed by atoms with Crippen molar-refractivity contribution in [1.82, 2.24) is 14.2 Å². The van der Waals surface area contributed by atoms with Gasteiger partial charge in [0.1, 0.15) is 12.3 Å². The Morgan fingerprint density at radius 2 is 1.92 bits per heavy atom. The van der Waals surface area contributed by atoms with Gasteiger partial charge in [-0.25, -0.2) is 9.97 Å². The Balaban J connectivity index is 2.15. The molecule has 0 fully saturated rings. The Hall–Kier alpha value is -2.31. The van der Waals surface area contributed by atoms with E-state index in [2.05, 4.69) is 33.8 Å². The number of carbonyl (C=O) groups is 1. The van der Waals surface area contributed by atoms with Gasteiger partial charge in [-0.05, 0) is 6.92 Å². The molecule has 0 unspecified atom stereocenters. The van der Waals surface area contributed by atoms with E-state index >= 15 is 0 Å². The van der Waals surface area contributed by atoms with Crippen molar-refractivity contribution in [2.24, 2.45) is 0 Å². The van der Waals surface area contributed by atoms with E-state index in [0.717, 1.165) is 11.0 Å². The lowest BCUT2D eigenvalue weighted by molar-refractivity contribution is 0.104. The van der Waals surface area contributed by atoms with Crippen LogP contribution in [0.2, 0.25) is 19.6 Å². The molecule has 0 atom stereocenters. The van der Waals surface area contributed by atoms with Crippen molar-refractivity contribution < 1.29 is 9.53 Å². The number of rotatable bonds is 6. The molecule has 3 aromatic rings. The number of carbonyl (C=O) groups excluding carboxylic acids is 1. The van der Waals surface area contributed by atoms with Gasteiger partial charge in [0.25, 0.3) is 0 Å². The molecule has 0 aliphatic heterocycles. The Labute approximate surface area is 148 Å². The summed E-state index contributed by atoms with van der Waals surface area (Å²) in [6.45, 7) is 9.63. The molecule has 2 heterocycles. The second kappa shape index (κ2) is 6.90. The molecule has 0 N–H and O–H groups in total. The van der Waals surface area contributed by atoms with E-state index in [-0.39, 0.29) is 5.78 Å². The van der Waals surface area contributed by atoms with Gasteiger partial charge in [-0.1, -0.05) is 50.0 Å². The van der Waals surface area contributed by atoms with E-state index in [4.69, 9.17) is 4.74 Å². The number of ether oxygens (including phenoxy) is 1. The number of hydrogen-bond acceptors (Lipinski definition) is 4. The molecule has 0 spiro atoms. The van der Waals surface area contributed by atoms with Crippen molar-refractivity contribution >= 4 is 25.1 Å². The Morgan fingerprint density at radius 3 is 2.56 bits per heavy atom. The first-order valence-electron chi connectivity index (χ1n) is 8.46. The zero-order valence-corrected chi connectivity index (χ0v) is 16.1. The van der Waals surface area contributed by atoms with Crippen LogP contribution in [0.25, 0.3) is 11.0 Å². The lowest BCUT2D eigenvalue weighted by atomic mass is 10.0. The quantitative estimate of drug-likeness (QED) is 0.498. The summed E-state index contributed by atoms with van der Waals surface area (Å²) in [5.41, 5.74) is 2.16. The third-order valence-electron chi connectivity index (χ3n) is 4.03. The molecule has 0 bridgehead atoms. The molecule has 5 nitrogen and oxygen atoms in total. The second-order valence-corrected chi connectivity index (χ2v) is 11.8. The van der Waals surface area contributed by atoms with Crippen LogP contribution >= 0.6 is 0 Å². The summed E-state index contributed by atoms with van der Waals surface area (Å²) in [4.78, 5) is 22.1. The molecule has 0 aliphatic rings. The first-order chi connectivity index (χ1) is 11.9. The van der Waals surface area contributed by atoms with Gasteiger partial charge in [0.05, 0.1) is 5.56 Å². The monoisotopic (exact) mass is 353 g/mol. The minimum Gasteiger partial charge on any atom is -0.374 e. The van der Waals surface area contributed by atoms with Crippen molar-refractivity contribution in [2.45, 2.75) is 33.2 Å². The zero-order valence-electron chi connectivity index (χ0n) is 15.1. The minimum atomic E-state index is -1.74. The number of benzene rings is 1. The highest BCUT2D eigenvalue weighted by molar-refractivity contribution is 6.75. The van der Waals surface area contributed by atoms with Crippen LogP contribution in [0.15, 0.2) is 42.7 Å². The van der Waals surface area contributed by atoms with Crippen molar-refractivity contribution in [3.63, 3.8) is 0 Å². The van der Waals surface area contributed by atoms with Gasteiger partial charge in [0, 0.05) is 30.0 Å². The molecule has 0 saturated carbocycles. The highest BCUT2D eigenvalue weighted by Crippen LogP contribution is 2.25. The maximum absolute atomic E-state index is 13.0. The van der Waals surface area contributed by atoms with E-state index in [1.807, 2.05) is 43.5 Å². The molecule has 1 aromatic carbocycles. The average molecular weight is 353 g/mol. The summed E-state index contributed by atoms with van der Waals surface area (Å²) in [6, 6.07) is 9.34. The molecule has 0 amide bonds. The van der Waals surface area contributed by atoms with Gasteiger partial charge in [0.15, 0.2) is 19.8 Å². The van der Waals surface area contributed by atoms with Crippen LogP contribution in [0.1, 0.15) is 28.7 Å². The van der Waals surface area contributed by atoms with Crippen molar-refractivity contribution in [3.8, 4) is 0 Å². The Bertz CT molecular complexity index is 898. The standard InChI is InChI=1S/C19H23N3O2Si/c1-5-24-13-17-20-11-15-16(18(23)14-9-7-6-8-10-14)12-22(19(15)21-17)25(2,3)4/h6-12H,5,13H2,1-4H3. The van der Waals surface area contributed by atoms with Gasteiger partial charge in [-0.15, -0.1) is 0 Å². The van der Waals surface area contributed by atoms with Gasteiger partial charge < -0.3 is 8.97 Å². The van der Waals surface area contributed by atoms with Gasteiger partial charge in [0.2, 0.25) is 0 Å². The third kappa shape index (κ3) is 3.55. The molecule has 6 heteroatoms. The molecule has 2 aromatic heterocycles. The van der Waals surface area contributed by atoms with Crippen LogP contribution in [0.3, 0.4) is 0 Å². The Kier molecular flexibility index (Phi) is 4.83. The van der Waals surface area contributed by atoms with E-state index in [0.29, 0.717) is 30.2 Å². The van der Waals surface area contributed by atoms with Gasteiger partial charge in [-0.3, -0.25) is 4.79 Å². The van der Waals surface area contributed by atoms with E-state index in [9.17, 15) is 4.79 Å². The number of ketones is 1. The number of nitrogens with zero attached hydrogens (tertiary/aromatic N) is 3. The fourth-order valence-electron chi connectivity index (χ4n) is 2.74. The zero-order chi connectivity index (χ0) is 18.0. The molecule has 0 saturated heterocycles. The van der Waals surface area contributed by atoms with Crippen LogP contribution in [-0.2, 0) is 11.3 Å². The molecular weight excluding hydrogens is 330 g/mol. The molecular formula is C19H23N3O2Si. The third-order valence-corrected chi connectivity index (χ3v) is 5.82.